The Hall–Kier alpha value is -1.44. The van der Waals surface area contributed by atoms with Crippen LogP contribution in [0.25, 0.3) is 0 Å². The summed E-state index contributed by atoms with van der Waals surface area (Å²) in [5.74, 6) is 0.0399. The number of aldehydes is 1. The van der Waals surface area contributed by atoms with Crippen molar-refractivity contribution in [3.05, 3.63) is 34.4 Å². The topological polar surface area (TPSA) is 34.1 Å². The number of hydrogen-bond acceptors (Lipinski definition) is 2. The monoisotopic (exact) mass is 176 g/mol. The van der Waals surface area contributed by atoms with Gasteiger partial charge in [-0.05, 0) is 31.9 Å². The van der Waals surface area contributed by atoms with Gasteiger partial charge in [-0.15, -0.1) is 0 Å². The minimum atomic E-state index is 0.0399. The Morgan fingerprint density at radius 2 is 1.85 bits per heavy atom. The second-order valence-corrected chi connectivity index (χ2v) is 3.13. The molecule has 0 aromatic heterocycles. The summed E-state index contributed by atoms with van der Waals surface area (Å²) >= 11 is 0. The summed E-state index contributed by atoms with van der Waals surface area (Å²) in [6.45, 7) is 5.24. The van der Waals surface area contributed by atoms with Crippen LogP contribution in [-0.2, 0) is 0 Å². The smallest absolute Gasteiger partial charge is 0.160 e. The van der Waals surface area contributed by atoms with Gasteiger partial charge in [0, 0.05) is 11.1 Å². The molecule has 0 bridgehead atoms. The van der Waals surface area contributed by atoms with E-state index in [0.29, 0.717) is 11.1 Å². The van der Waals surface area contributed by atoms with Gasteiger partial charge in [0.05, 0.1) is 0 Å². The lowest BCUT2D eigenvalue weighted by Crippen LogP contribution is -2.00. The highest BCUT2D eigenvalue weighted by Crippen LogP contribution is 2.16. The van der Waals surface area contributed by atoms with Crippen molar-refractivity contribution in [2.75, 3.05) is 0 Å². The van der Waals surface area contributed by atoms with Crippen LogP contribution in [0.3, 0.4) is 0 Å². The average Bonchev–Trinajstić information content (AvgIpc) is 2.09. The zero-order chi connectivity index (χ0) is 10.0. The summed E-state index contributed by atoms with van der Waals surface area (Å²) in [6.07, 6.45) is 0.812. The van der Waals surface area contributed by atoms with Gasteiger partial charge in [-0.25, -0.2) is 0 Å². The fourth-order valence-corrected chi connectivity index (χ4v) is 1.35. The van der Waals surface area contributed by atoms with Crippen LogP contribution < -0.4 is 0 Å². The molecule has 0 N–H and O–H groups in total. The zero-order valence-electron chi connectivity index (χ0n) is 8.05. The Balaban J connectivity index is 3.39. The third-order valence-electron chi connectivity index (χ3n) is 2.34. The molecule has 0 saturated heterocycles. The molecule has 13 heavy (non-hydrogen) atoms. The van der Waals surface area contributed by atoms with E-state index in [1.807, 2.05) is 13.8 Å². The normalized spacial score (nSPS) is 9.77. The van der Waals surface area contributed by atoms with E-state index >= 15 is 0 Å². The van der Waals surface area contributed by atoms with Crippen molar-refractivity contribution in [1.82, 2.24) is 0 Å². The molecule has 0 unspecified atom stereocenters. The van der Waals surface area contributed by atoms with Gasteiger partial charge in [-0.2, -0.15) is 0 Å². The Labute approximate surface area is 77.6 Å². The third kappa shape index (κ3) is 1.66. The highest BCUT2D eigenvalue weighted by atomic mass is 16.1. The molecule has 0 atom stereocenters. The maximum absolute atomic E-state index is 11.1. The summed E-state index contributed by atoms with van der Waals surface area (Å²) in [5, 5.41) is 0. The minimum absolute atomic E-state index is 0.0399. The fraction of sp³-hybridized carbons (Fsp3) is 0.273. The summed E-state index contributed by atoms with van der Waals surface area (Å²) in [7, 11) is 0. The highest BCUT2D eigenvalue weighted by molar-refractivity contribution is 5.96. The van der Waals surface area contributed by atoms with Crippen molar-refractivity contribution in [2.24, 2.45) is 0 Å². The Kier molecular flexibility index (Phi) is 2.61. The van der Waals surface area contributed by atoms with Crippen molar-refractivity contribution >= 4 is 12.1 Å². The van der Waals surface area contributed by atoms with E-state index in [1.54, 1.807) is 12.1 Å². The van der Waals surface area contributed by atoms with Gasteiger partial charge in [0.1, 0.15) is 6.29 Å². The molecule has 2 heteroatoms. The number of carbonyl (C=O) groups is 2. The highest BCUT2D eigenvalue weighted by Gasteiger charge is 2.08. The van der Waals surface area contributed by atoms with Crippen LogP contribution in [0.5, 0.6) is 0 Å². The predicted molar refractivity (Wildman–Crippen MR) is 51.3 cm³/mol. The first-order valence-electron chi connectivity index (χ1n) is 4.14. The molecule has 1 aromatic carbocycles. The summed E-state index contributed by atoms with van der Waals surface area (Å²) in [5.41, 5.74) is 3.14. The first-order valence-corrected chi connectivity index (χ1v) is 4.14. The number of Topliss-reactive ketones (excluding diaryl/α,β-unsaturated/α-hetero) is 1. The Bertz CT molecular complexity index is 365. The molecular weight excluding hydrogens is 164 g/mol. The molecule has 68 valence electrons. The van der Waals surface area contributed by atoms with E-state index in [0.717, 1.165) is 17.4 Å². The quantitative estimate of drug-likeness (QED) is 0.512. The van der Waals surface area contributed by atoms with Crippen LogP contribution in [-0.4, -0.2) is 12.1 Å². The van der Waals surface area contributed by atoms with E-state index in [9.17, 15) is 9.59 Å². The SMILES string of the molecule is CC(=O)c1ccc(C=O)c(C)c1C. The molecule has 0 heterocycles. The first kappa shape index (κ1) is 9.65. The average molecular weight is 176 g/mol. The summed E-state index contributed by atoms with van der Waals surface area (Å²) in [6, 6.07) is 3.39. The number of rotatable bonds is 2. The first-order chi connectivity index (χ1) is 6.07. The predicted octanol–water partition coefficient (Wildman–Crippen LogP) is 2.32. The lowest BCUT2D eigenvalue weighted by Gasteiger charge is -2.07. The minimum Gasteiger partial charge on any atom is -0.298 e. The number of hydrogen-bond donors (Lipinski definition) is 0. The molecule has 0 amide bonds. The third-order valence-corrected chi connectivity index (χ3v) is 2.34. The molecule has 0 aliphatic rings. The van der Waals surface area contributed by atoms with E-state index in [4.69, 9.17) is 0 Å². The molecule has 0 fully saturated rings. The lowest BCUT2D eigenvalue weighted by atomic mass is 9.97. The molecule has 0 spiro atoms. The standard InChI is InChI=1S/C11H12O2/c1-7-8(2)11(9(3)13)5-4-10(7)6-12/h4-6H,1-3H3. The van der Waals surface area contributed by atoms with E-state index < -0.39 is 0 Å². The molecular formula is C11H12O2. The molecule has 0 radical (unpaired) electrons. The summed E-state index contributed by atoms with van der Waals surface area (Å²) < 4.78 is 0. The fourth-order valence-electron chi connectivity index (χ4n) is 1.35. The number of ketones is 1. The molecule has 2 nitrogen and oxygen atoms in total. The van der Waals surface area contributed by atoms with E-state index in [1.165, 1.54) is 6.92 Å². The maximum atomic E-state index is 11.1. The van der Waals surface area contributed by atoms with Gasteiger partial charge in [0.15, 0.2) is 5.78 Å². The molecule has 1 rings (SSSR count). The second kappa shape index (κ2) is 3.52. The van der Waals surface area contributed by atoms with Crippen molar-refractivity contribution < 1.29 is 9.59 Å². The van der Waals surface area contributed by atoms with Crippen LogP contribution in [0, 0.1) is 13.8 Å². The van der Waals surface area contributed by atoms with Crippen molar-refractivity contribution in [1.29, 1.82) is 0 Å². The van der Waals surface area contributed by atoms with Crippen molar-refractivity contribution in [3.8, 4) is 0 Å². The van der Waals surface area contributed by atoms with Gasteiger partial charge in [-0.1, -0.05) is 12.1 Å². The van der Waals surface area contributed by atoms with Gasteiger partial charge in [-0.3, -0.25) is 9.59 Å². The van der Waals surface area contributed by atoms with Crippen molar-refractivity contribution in [2.45, 2.75) is 20.8 Å². The number of benzene rings is 1. The molecule has 0 saturated carbocycles. The zero-order valence-corrected chi connectivity index (χ0v) is 8.05. The van der Waals surface area contributed by atoms with E-state index in [-0.39, 0.29) is 5.78 Å². The Morgan fingerprint density at radius 3 is 2.31 bits per heavy atom. The molecule has 0 aliphatic heterocycles. The van der Waals surface area contributed by atoms with Gasteiger partial charge in [0.25, 0.3) is 0 Å². The van der Waals surface area contributed by atoms with Crippen LogP contribution in [0.15, 0.2) is 12.1 Å². The van der Waals surface area contributed by atoms with Crippen LogP contribution in [0.4, 0.5) is 0 Å². The van der Waals surface area contributed by atoms with Crippen LogP contribution >= 0.6 is 0 Å². The second-order valence-electron chi connectivity index (χ2n) is 3.13. The largest absolute Gasteiger partial charge is 0.298 e. The maximum Gasteiger partial charge on any atom is 0.160 e. The van der Waals surface area contributed by atoms with Gasteiger partial charge in [0.2, 0.25) is 0 Å². The Morgan fingerprint density at radius 1 is 1.23 bits per heavy atom. The van der Waals surface area contributed by atoms with Crippen LogP contribution in [0.2, 0.25) is 0 Å². The molecule has 0 aliphatic carbocycles. The lowest BCUT2D eigenvalue weighted by molar-refractivity contribution is 0.101. The number of carbonyl (C=O) groups excluding carboxylic acids is 2. The van der Waals surface area contributed by atoms with E-state index in [2.05, 4.69) is 0 Å². The summed E-state index contributed by atoms with van der Waals surface area (Å²) in [4.78, 5) is 21.7. The van der Waals surface area contributed by atoms with Gasteiger partial charge < -0.3 is 0 Å². The van der Waals surface area contributed by atoms with Crippen LogP contribution in [0.1, 0.15) is 38.8 Å². The van der Waals surface area contributed by atoms with Gasteiger partial charge >= 0.3 is 0 Å². The van der Waals surface area contributed by atoms with Crippen molar-refractivity contribution in [3.63, 3.8) is 0 Å². The molecule has 1 aromatic rings.